The molecular weight excluding hydrogens is 314 g/mol. The molecule has 1 aromatic rings. The maximum absolute atomic E-state index is 12.2. The fourth-order valence-corrected chi connectivity index (χ4v) is 2.60. The van der Waals surface area contributed by atoms with Crippen LogP contribution in [0.15, 0.2) is 18.2 Å². The molecular formula is C20H33N3O2. The van der Waals surface area contributed by atoms with E-state index >= 15 is 0 Å². The first kappa shape index (κ1) is 21.0. The Morgan fingerprint density at radius 2 is 1.68 bits per heavy atom. The summed E-state index contributed by atoms with van der Waals surface area (Å²) in [6.45, 7) is 12.2. The molecule has 140 valence electrons. The highest BCUT2D eigenvalue weighted by molar-refractivity contribution is 5.92. The predicted molar refractivity (Wildman–Crippen MR) is 105 cm³/mol. The lowest BCUT2D eigenvalue weighted by Crippen LogP contribution is -2.39. The summed E-state index contributed by atoms with van der Waals surface area (Å²) in [6.07, 6.45) is 0. The highest BCUT2D eigenvalue weighted by atomic mass is 16.2. The van der Waals surface area contributed by atoms with Crippen LogP contribution in [-0.4, -0.2) is 36.9 Å². The van der Waals surface area contributed by atoms with Crippen molar-refractivity contribution in [1.29, 1.82) is 0 Å². The Bertz CT molecular complexity index is 609. The van der Waals surface area contributed by atoms with Gasteiger partial charge in [-0.2, -0.15) is 0 Å². The van der Waals surface area contributed by atoms with E-state index in [0.717, 1.165) is 16.9 Å². The molecule has 0 bridgehead atoms. The molecule has 2 amide bonds. The SMILES string of the molecule is CC(=O)N(Cc1cc(NC(=O)C(C)C)ccc1N(C)C)[C@H](C)C(C)C. The Balaban J connectivity index is 3.20. The highest BCUT2D eigenvalue weighted by Gasteiger charge is 2.22. The van der Waals surface area contributed by atoms with Crippen LogP contribution in [0.4, 0.5) is 11.4 Å². The van der Waals surface area contributed by atoms with Crippen LogP contribution in [0.2, 0.25) is 0 Å². The Hall–Kier alpha value is -2.04. The van der Waals surface area contributed by atoms with Crippen molar-refractivity contribution in [1.82, 2.24) is 4.90 Å². The maximum atomic E-state index is 12.2. The van der Waals surface area contributed by atoms with Crippen molar-refractivity contribution >= 4 is 23.2 Å². The van der Waals surface area contributed by atoms with Crippen molar-refractivity contribution < 1.29 is 9.59 Å². The molecule has 0 aromatic heterocycles. The number of anilines is 2. The number of hydrogen-bond donors (Lipinski definition) is 1. The lowest BCUT2D eigenvalue weighted by molar-refractivity contribution is -0.132. The van der Waals surface area contributed by atoms with E-state index in [4.69, 9.17) is 0 Å². The molecule has 0 aliphatic carbocycles. The molecule has 0 aliphatic rings. The van der Waals surface area contributed by atoms with Crippen LogP contribution in [0.5, 0.6) is 0 Å². The van der Waals surface area contributed by atoms with Gasteiger partial charge in [0.2, 0.25) is 11.8 Å². The standard InChI is InChI=1S/C20H33N3O2/c1-13(2)15(5)23(16(6)24)12-17-11-18(21-20(25)14(3)4)9-10-19(17)22(7)8/h9-11,13-15H,12H2,1-8H3,(H,21,25)/t15-/m1/s1. The molecule has 1 aromatic carbocycles. The molecule has 1 atom stereocenters. The Morgan fingerprint density at radius 3 is 2.12 bits per heavy atom. The van der Waals surface area contributed by atoms with Gasteiger partial charge in [0.25, 0.3) is 0 Å². The second kappa shape index (κ2) is 8.88. The average molecular weight is 348 g/mol. The van der Waals surface area contributed by atoms with Crippen LogP contribution < -0.4 is 10.2 Å². The van der Waals surface area contributed by atoms with E-state index in [1.807, 2.05) is 55.9 Å². The monoisotopic (exact) mass is 347 g/mol. The summed E-state index contributed by atoms with van der Waals surface area (Å²) in [5.74, 6) is 0.340. The first-order valence-electron chi connectivity index (χ1n) is 8.92. The molecule has 0 heterocycles. The van der Waals surface area contributed by atoms with Crippen LogP contribution in [0.3, 0.4) is 0 Å². The summed E-state index contributed by atoms with van der Waals surface area (Å²) in [6, 6.07) is 6.01. The van der Waals surface area contributed by atoms with E-state index < -0.39 is 0 Å². The van der Waals surface area contributed by atoms with Crippen molar-refractivity contribution in [3.05, 3.63) is 23.8 Å². The molecule has 25 heavy (non-hydrogen) atoms. The van der Waals surface area contributed by atoms with Crippen LogP contribution in [0, 0.1) is 11.8 Å². The summed E-state index contributed by atoms with van der Waals surface area (Å²) in [5, 5.41) is 2.94. The predicted octanol–water partition coefficient (Wildman–Crippen LogP) is 3.74. The van der Waals surface area contributed by atoms with Crippen molar-refractivity contribution in [3.63, 3.8) is 0 Å². The average Bonchev–Trinajstić information content (AvgIpc) is 2.51. The van der Waals surface area contributed by atoms with Gasteiger partial charge < -0.3 is 15.1 Å². The number of carbonyl (C=O) groups excluding carboxylic acids is 2. The minimum atomic E-state index is -0.0772. The van der Waals surface area contributed by atoms with Gasteiger partial charge in [-0.3, -0.25) is 9.59 Å². The molecule has 0 radical (unpaired) electrons. The molecule has 5 nitrogen and oxygen atoms in total. The van der Waals surface area contributed by atoms with E-state index in [1.165, 1.54) is 0 Å². The largest absolute Gasteiger partial charge is 0.377 e. The minimum absolute atomic E-state index is 0.0116. The van der Waals surface area contributed by atoms with Crippen molar-refractivity contribution in [2.45, 2.75) is 54.1 Å². The zero-order valence-corrected chi connectivity index (χ0v) is 16.9. The van der Waals surface area contributed by atoms with Gasteiger partial charge in [0.1, 0.15) is 0 Å². The smallest absolute Gasteiger partial charge is 0.226 e. The number of rotatable bonds is 7. The van der Waals surface area contributed by atoms with Crippen LogP contribution in [0.25, 0.3) is 0 Å². The van der Waals surface area contributed by atoms with Crippen molar-refractivity contribution in [2.75, 3.05) is 24.3 Å². The fourth-order valence-electron chi connectivity index (χ4n) is 2.60. The van der Waals surface area contributed by atoms with Gasteiger partial charge in [0, 0.05) is 50.9 Å². The fraction of sp³-hybridized carbons (Fsp3) is 0.600. The Morgan fingerprint density at radius 1 is 1.08 bits per heavy atom. The summed E-state index contributed by atoms with van der Waals surface area (Å²) < 4.78 is 0. The minimum Gasteiger partial charge on any atom is -0.377 e. The van der Waals surface area contributed by atoms with E-state index in [-0.39, 0.29) is 23.8 Å². The number of hydrogen-bond acceptors (Lipinski definition) is 3. The van der Waals surface area contributed by atoms with Crippen LogP contribution in [0.1, 0.15) is 47.1 Å². The van der Waals surface area contributed by atoms with E-state index in [9.17, 15) is 9.59 Å². The van der Waals surface area contributed by atoms with Gasteiger partial charge in [-0.15, -0.1) is 0 Å². The van der Waals surface area contributed by atoms with E-state index in [2.05, 4.69) is 26.1 Å². The molecule has 0 aliphatic heterocycles. The second-order valence-electron chi connectivity index (χ2n) is 7.51. The summed E-state index contributed by atoms with van der Waals surface area (Å²) >= 11 is 0. The van der Waals surface area contributed by atoms with Gasteiger partial charge >= 0.3 is 0 Å². The first-order chi connectivity index (χ1) is 11.5. The van der Waals surface area contributed by atoms with Crippen molar-refractivity contribution in [3.8, 4) is 0 Å². The normalized spacial score (nSPS) is 12.2. The van der Waals surface area contributed by atoms with E-state index in [0.29, 0.717) is 12.5 Å². The molecule has 0 saturated heterocycles. The lowest BCUT2D eigenvalue weighted by atomic mass is 10.0. The van der Waals surface area contributed by atoms with Gasteiger partial charge in [-0.1, -0.05) is 27.7 Å². The third-order valence-electron chi connectivity index (χ3n) is 4.55. The zero-order chi connectivity index (χ0) is 19.3. The Kier molecular flexibility index (Phi) is 7.46. The molecule has 1 N–H and O–H groups in total. The topological polar surface area (TPSA) is 52.7 Å². The third kappa shape index (κ3) is 5.76. The molecule has 0 spiro atoms. The quantitative estimate of drug-likeness (QED) is 0.817. The van der Waals surface area contributed by atoms with Gasteiger partial charge in [0.15, 0.2) is 0 Å². The molecule has 0 saturated carbocycles. The second-order valence-corrected chi connectivity index (χ2v) is 7.51. The molecule has 0 fully saturated rings. The maximum Gasteiger partial charge on any atom is 0.226 e. The summed E-state index contributed by atoms with van der Waals surface area (Å²) in [5.41, 5.74) is 2.83. The van der Waals surface area contributed by atoms with Gasteiger partial charge in [-0.05, 0) is 36.6 Å². The third-order valence-corrected chi connectivity index (χ3v) is 4.55. The number of benzene rings is 1. The van der Waals surface area contributed by atoms with E-state index in [1.54, 1.807) is 6.92 Å². The molecule has 0 unspecified atom stereocenters. The summed E-state index contributed by atoms with van der Waals surface area (Å²) in [7, 11) is 3.96. The summed E-state index contributed by atoms with van der Waals surface area (Å²) in [4.78, 5) is 28.1. The highest BCUT2D eigenvalue weighted by Crippen LogP contribution is 2.26. The zero-order valence-electron chi connectivity index (χ0n) is 16.9. The van der Waals surface area contributed by atoms with Crippen molar-refractivity contribution in [2.24, 2.45) is 11.8 Å². The first-order valence-corrected chi connectivity index (χ1v) is 8.92. The number of amides is 2. The van der Waals surface area contributed by atoms with Gasteiger partial charge in [-0.25, -0.2) is 0 Å². The number of carbonyl (C=O) groups is 2. The van der Waals surface area contributed by atoms with Crippen LogP contribution in [-0.2, 0) is 16.1 Å². The van der Waals surface area contributed by atoms with Gasteiger partial charge in [0.05, 0.1) is 0 Å². The van der Waals surface area contributed by atoms with Crippen LogP contribution >= 0.6 is 0 Å². The number of nitrogens with one attached hydrogen (secondary N) is 1. The molecule has 1 rings (SSSR count). The lowest BCUT2D eigenvalue weighted by Gasteiger charge is -2.32. The number of nitrogens with zero attached hydrogens (tertiary/aromatic N) is 2. The molecule has 5 heteroatoms. The Labute approximate surface area is 152 Å².